The highest BCUT2D eigenvalue weighted by atomic mass is 32.2. The first-order valence-electron chi connectivity index (χ1n) is 5.10. The molecule has 0 aliphatic carbocycles. The minimum Gasteiger partial charge on any atom is -0.496 e. The molecule has 84 valence electrons. The van der Waals surface area contributed by atoms with Crippen LogP contribution in [0, 0.1) is 13.8 Å². The van der Waals surface area contributed by atoms with Crippen molar-refractivity contribution in [1.82, 2.24) is 0 Å². The van der Waals surface area contributed by atoms with Crippen molar-refractivity contribution >= 4 is 11.8 Å². The molecule has 15 heavy (non-hydrogen) atoms. The summed E-state index contributed by atoms with van der Waals surface area (Å²) in [6, 6.07) is 4.26. The second kappa shape index (κ2) is 5.42. The molecule has 0 aromatic heterocycles. The van der Waals surface area contributed by atoms with Gasteiger partial charge in [-0.2, -0.15) is 0 Å². The average Bonchev–Trinajstić information content (AvgIpc) is 2.22. The number of aryl methyl sites for hydroxylation is 2. The molecule has 1 aromatic carbocycles. The molecule has 0 bridgehead atoms. The van der Waals surface area contributed by atoms with Crippen LogP contribution in [0.4, 0.5) is 0 Å². The van der Waals surface area contributed by atoms with Crippen LogP contribution < -0.4 is 10.5 Å². The van der Waals surface area contributed by atoms with Crippen molar-refractivity contribution < 1.29 is 4.74 Å². The first-order valence-corrected chi connectivity index (χ1v) is 5.98. The Morgan fingerprint density at radius 2 is 2.00 bits per heavy atom. The van der Waals surface area contributed by atoms with Gasteiger partial charge in [0.05, 0.1) is 7.11 Å². The summed E-state index contributed by atoms with van der Waals surface area (Å²) < 4.78 is 5.28. The number of methoxy groups -OCH3 is 1. The molecule has 1 rings (SSSR count). The van der Waals surface area contributed by atoms with Gasteiger partial charge in [0.15, 0.2) is 0 Å². The third-order valence-corrected chi connectivity index (χ3v) is 3.64. The maximum atomic E-state index is 5.62. The first kappa shape index (κ1) is 12.4. The molecule has 2 nitrogen and oxygen atoms in total. The van der Waals surface area contributed by atoms with Gasteiger partial charge in [0.1, 0.15) is 5.75 Å². The summed E-state index contributed by atoms with van der Waals surface area (Å²) >= 11 is 1.82. The van der Waals surface area contributed by atoms with Crippen LogP contribution >= 0.6 is 11.8 Å². The van der Waals surface area contributed by atoms with Crippen LogP contribution in [-0.4, -0.2) is 18.9 Å². The van der Waals surface area contributed by atoms with E-state index in [0.717, 1.165) is 5.75 Å². The predicted octanol–water partition coefficient (Wildman–Crippen LogP) is 2.75. The molecular weight excluding hydrogens is 206 g/mol. The lowest BCUT2D eigenvalue weighted by Crippen LogP contribution is -2.12. The Labute approximate surface area is 96.2 Å². The van der Waals surface area contributed by atoms with Crippen molar-refractivity contribution in [3.8, 4) is 5.75 Å². The molecule has 0 spiro atoms. The topological polar surface area (TPSA) is 35.2 Å². The fourth-order valence-corrected chi connectivity index (χ4v) is 2.39. The minimum atomic E-state index is 0.455. The number of nitrogens with two attached hydrogens (primary N) is 1. The number of hydrogen-bond acceptors (Lipinski definition) is 3. The molecule has 0 fully saturated rings. The van der Waals surface area contributed by atoms with Gasteiger partial charge in [0.2, 0.25) is 0 Å². The maximum Gasteiger partial charge on any atom is 0.122 e. The van der Waals surface area contributed by atoms with E-state index in [1.54, 1.807) is 7.11 Å². The fourth-order valence-electron chi connectivity index (χ4n) is 1.37. The van der Waals surface area contributed by atoms with Crippen molar-refractivity contribution in [3.05, 3.63) is 23.3 Å². The molecule has 0 amide bonds. The van der Waals surface area contributed by atoms with E-state index in [9.17, 15) is 0 Å². The highest BCUT2D eigenvalue weighted by Crippen LogP contribution is 2.31. The smallest absolute Gasteiger partial charge is 0.122 e. The number of hydrogen-bond donors (Lipinski definition) is 1. The largest absolute Gasteiger partial charge is 0.496 e. The Balaban J connectivity index is 2.95. The van der Waals surface area contributed by atoms with E-state index in [4.69, 9.17) is 10.5 Å². The van der Waals surface area contributed by atoms with Crippen molar-refractivity contribution in [1.29, 1.82) is 0 Å². The summed E-state index contributed by atoms with van der Waals surface area (Å²) in [7, 11) is 1.71. The summed E-state index contributed by atoms with van der Waals surface area (Å²) in [5.74, 6) is 0.956. The van der Waals surface area contributed by atoms with E-state index >= 15 is 0 Å². The molecule has 0 aliphatic rings. The van der Waals surface area contributed by atoms with E-state index in [2.05, 4.69) is 32.9 Å². The molecule has 2 N–H and O–H groups in total. The van der Waals surface area contributed by atoms with Gasteiger partial charge < -0.3 is 10.5 Å². The fraction of sp³-hybridized carbons (Fsp3) is 0.500. The average molecular weight is 225 g/mol. The third kappa shape index (κ3) is 3.14. The number of benzene rings is 1. The van der Waals surface area contributed by atoms with Crippen molar-refractivity contribution in [2.45, 2.75) is 30.9 Å². The van der Waals surface area contributed by atoms with Gasteiger partial charge in [-0.1, -0.05) is 6.92 Å². The summed E-state index contributed by atoms with van der Waals surface area (Å²) in [6.45, 7) is 7.02. The van der Waals surface area contributed by atoms with Crippen molar-refractivity contribution in [2.75, 3.05) is 13.7 Å². The molecule has 1 aromatic rings. The lowest BCUT2D eigenvalue weighted by atomic mass is 10.1. The van der Waals surface area contributed by atoms with Crippen LogP contribution in [-0.2, 0) is 0 Å². The zero-order chi connectivity index (χ0) is 11.4. The molecule has 3 heteroatoms. The second-order valence-electron chi connectivity index (χ2n) is 3.75. The van der Waals surface area contributed by atoms with Gasteiger partial charge in [-0.05, 0) is 37.1 Å². The zero-order valence-electron chi connectivity index (χ0n) is 9.83. The molecule has 1 unspecified atom stereocenters. The van der Waals surface area contributed by atoms with Gasteiger partial charge in [0, 0.05) is 16.7 Å². The van der Waals surface area contributed by atoms with Gasteiger partial charge >= 0.3 is 0 Å². The lowest BCUT2D eigenvalue weighted by molar-refractivity contribution is 0.411. The molecule has 0 aliphatic heterocycles. The van der Waals surface area contributed by atoms with Gasteiger partial charge in [-0.3, -0.25) is 0 Å². The van der Waals surface area contributed by atoms with E-state index < -0.39 is 0 Å². The summed E-state index contributed by atoms with van der Waals surface area (Å²) in [5, 5.41) is 0.455. The molecule has 0 radical (unpaired) electrons. The summed E-state index contributed by atoms with van der Waals surface area (Å²) in [5.41, 5.74) is 8.05. The zero-order valence-corrected chi connectivity index (χ0v) is 10.6. The Morgan fingerprint density at radius 3 is 2.53 bits per heavy atom. The molecular formula is C12H19NOS. The second-order valence-corrected chi connectivity index (χ2v) is 5.23. The van der Waals surface area contributed by atoms with Crippen molar-refractivity contribution in [3.63, 3.8) is 0 Å². The predicted molar refractivity (Wildman–Crippen MR) is 66.8 cm³/mol. The monoisotopic (exact) mass is 225 g/mol. The van der Waals surface area contributed by atoms with E-state index in [1.807, 2.05) is 11.8 Å². The Morgan fingerprint density at radius 1 is 1.33 bits per heavy atom. The third-order valence-electron chi connectivity index (χ3n) is 2.35. The van der Waals surface area contributed by atoms with Gasteiger partial charge in [-0.15, -0.1) is 11.8 Å². The van der Waals surface area contributed by atoms with Crippen LogP contribution in [0.25, 0.3) is 0 Å². The highest BCUT2D eigenvalue weighted by molar-refractivity contribution is 8.00. The van der Waals surface area contributed by atoms with E-state index in [1.165, 1.54) is 16.0 Å². The van der Waals surface area contributed by atoms with Crippen LogP contribution in [0.15, 0.2) is 17.0 Å². The maximum absolute atomic E-state index is 5.62. The minimum absolute atomic E-state index is 0.455. The number of thioether (sulfide) groups is 1. The van der Waals surface area contributed by atoms with Crippen LogP contribution in [0.5, 0.6) is 5.75 Å². The summed E-state index contributed by atoms with van der Waals surface area (Å²) in [6.07, 6.45) is 0. The van der Waals surface area contributed by atoms with Crippen LogP contribution in [0.2, 0.25) is 0 Å². The number of rotatable bonds is 4. The van der Waals surface area contributed by atoms with Crippen molar-refractivity contribution in [2.24, 2.45) is 5.73 Å². The molecule has 0 heterocycles. The first-order chi connectivity index (χ1) is 7.08. The van der Waals surface area contributed by atoms with E-state index in [-0.39, 0.29) is 0 Å². The Bertz CT molecular complexity index is 339. The Hall–Kier alpha value is -0.670. The Kier molecular flexibility index (Phi) is 4.48. The molecule has 0 saturated heterocycles. The number of ether oxygens (including phenoxy) is 1. The van der Waals surface area contributed by atoms with Gasteiger partial charge in [0.25, 0.3) is 0 Å². The molecule has 1 atom stereocenters. The SMILES string of the molecule is COc1cc(C)c(SC(C)CN)cc1C. The van der Waals surface area contributed by atoms with Crippen LogP contribution in [0.1, 0.15) is 18.1 Å². The quantitative estimate of drug-likeness (QED) is 0.800. The van der Waals surface area contributed by atoms with E-state index in [0.29, 0.717) is 11.8 Å². The highest BCUT2D eigenvalue weighted by Gasteiger charge is 2.08. The molecule has 0 saturated carbocycles. The summed E-state index contributed by atoms with van der Waals surface area (Å²) in [4.78, 5) is 1.30. The van der Waals surface area contributed by atoms with Crippen LogP contribution in [0.3, 0.4) is 0 Å². The standard InChI is InChI=1S/C12H19NOS/c1-8-6-12(15-10(3)7-13)9(2)5-11(8)14-4/h5-6,10H,7,13H2,1-4H3. The normalized spacial score (nSPS) is 12.6. The lowest BCUT2D eigenvalue weighted by Gasteiger charge is -2.13. The van der Waals surface area contributed by atoms with Gasteiger partial charge in [-0.25, -0.2) is 0 Å².